The predicted octanol–water partition coefficient (Wildman–Crippen LogP) is 1.31. The van der Waals surface area contributed by atoms with Gasteiger partial charge >= 0.3 is 0 Å². The number of ether oxygens (including phenoxy) is 1. The van der Waals surface area contributed by atoms with Crippen LogP contribution in [-0.2, 0) is 11.3 Å². The number of methoxy groups -OCH3 is 1. The Morgan fingerprint density at radius 3 is 2.78 bits per heavy atom. The molecule has 0 radical (unpaired) electrons. The van der Waals surface area contributed by atoms with E-state index in [-0.39, 0.29) is 0 Å². The molecule has 0 heterocycles. The van der Waals surface area contributed by atoms with Crippen molar-refractivity contribution in [2.45, 2.75) is 19.6 Å². The lowest BCUT2D eigenvalue weighted by Gasteiger charge is -2.21. The number of benzene rings is 1. The van der Waals surface area contributed by atoms with E-state index >= 15 is 0 Å². The average molecular weight is 248 g/mol. The normalized spacial score (nSPS) is 12.4. The molecular formula is C14H20N2O2. The number of aliphatic hydroxyl groups is 1. The van der Waals surface area contributed by atoms with Gasteiger partial charge in [-0.1, -0.05) is 6.07 Å². The van der Waals surface area contributed by atoms with Crippen molar-refractivity contribution < 1.29 is 9.84 Å². The van der Waals surface area contributed by atoms with Gasteiger partial charge < -0.3 is 9.84 Å². The molecule has 98 valence electrons. The summed E-state index contributed by atoms with van der Waals surface area (Å²) in [5.41, 5.74) is 2.95. The molecule has 0 aliphatic carbocycles. The zero-order valence-corrected chi connectivity index (χ0v) is 11.2. The van der Waals surface area contributed by atoms with Crippen molar-refractivity contribution in [3.05, 3.63) is 34.9 Å². The van der Waals surface area contributed by atoms with Crippen LogP contribution < -0.4 is 0 Å². The highest BCUT2D eigenvalue weighted by atomic mass is 16.5. The summed E-state index contributed by atoms with van der Waals surface area (Å²) in [6.45, 7) is 3.65. The van der Waals surface area contributed by atoms with Crippen molar-refractivity contribution in [2.75, 3.05) is 27.3 Å². The largest absolute Gasteiger partial charge is 0.389 e. The highest BCUT2D eigenvalue weighted by Crippen LogP contribution is 2.12. The van der Waals surface area contributed by atoms with Crippen LogP contribution in [0.15, 0.2) is 18.2 Å². The van der Waals surface area contributed by atoms with Gasteiger partial charge in [-0.15, -0.1) is 0 Å². The van der Waals surface area contributed by atoms with Crippen molar-refractivity contribution in [3.8, 4) is 6.07 Å². The van der Waals surface area contributed by atoms with Crippen LogP contribution in [0.25, 0.3) is 0 Å². The Labute approximate surface area is 108 Å². The molecule has 0 spiro atoms. The molecule has 4 nitrogen and oxygen atoms in total. The summed E-state index contributed by atoms with van der Waals surface area (Å²) in [6.07, 6.45) is -0.473. The van der Waals surface area contributed by atoms with Gasteiger partial charge in [0.1, 0.15) is 0 Å². The number of likely N-dealkylation sites (N-methyl/N-ethyl adjacent to an activating group) is 1. The number of rotatable bonds is 6. The van der Waals surface area contributed by atoms with Crippen LogP contribution in [0.2, 0.25) is 0 Å². The van der Waals surface area contributed by atoms with Gasteiger partial charge in [-0.3, -0.25) is 4.90 Å². The van der Waals surface area contributed by atoms with Crippen molar-refractivity contribution in [2.24, 2.45) is 0 Å². The molecule has 1 rings (SSSR count). The van der Waals surface area contributed by atoms with Crippen LogP contribution >= 0.6 is 0 Å². The van der Waals surface area contributed by atoms with Crippen molar-refractivity contribution in [3.63, 3.8) is 0 Å². The zero-order valence-electron chi connectivity index (χ0n) is 11.2. The Hall–Kier alpha value is -1.41. The van der Waals surface area contributed by atoms with E-state index in [9.17, 15) is 5.11 Å². The van der Waals surface area contributed by atoms with Crippen LogP contribution in [0.1, 0.15) is 16.7 Å². The second kappa shape index (κ2) is 7.12. The van der Waals surface area contributed by atoms with Gasteiger partial charge in [-0.2, -0.15) is 5.26 Å². The van der Waals surface area contributed by atoms with Gasteiger partial charge in [0.2, 0.25) is 0 Å². The van der Waals surface area contributed by atoms with Crippen molar-refractivity contribution >= 4 is 0 Å². The fraction of sp³-hybridized carbons (Fsp3) is 0.500. The van der Waals surface area contributed by atoms with Crippen LogP contribution in [0.3, 0.4) is 0 Å². The topological polar surface area (TPSA) is 56.5 Å². The van der Waals surface area contributed by atoms with E-state index < -0.39 is 6.10 Å². The van der Waals surface area contributed by atoms with Gasteiger partial charge in [-0.25, -0.2) is 0 Å². The summed E-state index contributed by atoms with van der Waals surface area (Å²) in [7, 11) is 3.53. The molecule has 4 heteroatoms. The first kappa shape index (κ1) is 14.7. The Kier molecular flexibility index (Phi) is 5.79. The van der Waals surface area contributed by atoms with E-state index in [1.165, 1.54) is 5.56 Å². The third-order valence-corrected chi connectivity index (χ3v) is 2.79. The fourth-order valence-electron chi connectivity index (χ4n) is 1.90. The summed E-state index contributed by atoms with van der Waals surface area (Å²) in [5.74, 6) is 0. The average Bonchev–Trinajstić information content (AvgIpc) is 2.31. The van der Waals surface area contributed by atoms with E-state index in [4.69, 9.17) is 10.00 Å². The minimum Gasteiger partial charge on any atom is -0.389 e. The number of hydrogen-bond donors (Lipinski definition) is 1. The van der Waals surface area contributed by atoms with E-state index in [1.54, 1.807) is 7.11 Å². The minimum absolute atomic E-state index is 0.344. The maximum atomic E-state index is 9.64. The van der Waals surface area contributed by atoms with Crippen LogP contribution in [0.5, 0.6) is 0 Å². The Balaban J connectivity index is 2.59. The first-order valence-electron chi connectivity index (χ1n) is 5.92. The van der Waals surface area contributed by atoms with E-state index in [1.807, 2.05) is 37.1 Å². The molecule has 1 aromatic carbocycles. The Bertz CT molecular complexity index is 426. The highest BCUT2D eigenvalue weighted by Gasteiger charge is 2.09. The quantitative estimate of drug-likeness (QED) is 0.824. The first-order chi connectivity index (χ1) is 8.56. The van der Waals surface area contributed by atoms with E-state index in [0.29, 0.717) is 18.7 Å². The number of nitrogens with zero attached hydrogens (tertiary/aromatic N) is 2. The second-order valence-corrected chi connectivity index (χ2v) is 4.56. The van der Waals surface area contributed by atoms with Crippen molar-refractivity contribution in [1.29, 1.82) is 5.26 Å². The highest BCUT2D eigenvalue weighted by molar-refractivity contribution is 5.37. The molecule has 0 bridgehead atoms. The lowest BCUT2D eigenvalue weighted by Crippen LogP contribution is -2.31. The molecule has 0 aliphatic heterocycles. The number of aliphatic hydroxyl groups excluding tert-OH is 1. The second-order valence-electron chi connectivity index (χ2n) is 4.56. The van der Waals surface area contributed by atoms with Crippen LogP contribution in [-0.4, -0.2) is 43.4 Å². The van der Waals surface area contributed by atoms with Crippen molar-refractivity contribution in [1.82, 2.24) is 4.90 Å². The molecule has 18 heavy (non-hydrogen) atoms. The monoisotopic (exact) mass is 248 g/mol. The molecule has 0 saturated carbocycles. The number of hydrogen-bond acceptors (Lipinski definition) is 4. The Morgan fingerprint density at radius 2 is 2.22 bits per heavy atom. The van der Waals surface area contributed by atoms with E-state index in [2.05, 4.69) is 6.07 Å². The number of nitriles is 1. The summed E-state index contributed by atoms with van der Waals surface area (Å²) in [5, 5.41) is 18.4. The minimum atomic E-state index is -0.473. The maximum Gasteiger partial charge on any atom is 0.0991 e. The molecule has 1 N–H and O–H groups in total. The standard InChI is InChI=1S/C14H20N2O2/c1-11-6-12(7-15)4-5-13(11)8-16(2)9-14(17)10-18-3/h4-6,14,17H,8-10H2,1-3H3. The SMILES string of the molecule is COCC(O)CN(C)Cc1ccc(C#N)cc1C. The van der Waals surface area contributed by atoms with Gasteiger partial charge in [0.05, 0.1) is 24.3 Å². The van der Waals surface area contributed by atoms with Gasteiger partial charge in [-0.05, 0) is 37.2 Å². The molecule has 1 atom stereocenters. The Morgan fingerprint density at radius 1 is 1.50 bits per heavy atom. The van der Waals surface area contributed by atoms with E-state index in [0.717, 1.165) is 12.1 Å². The summed E-state index contributed by atoms with van der Waals surface area (Å²) in [4.78, 5) is 2.04. The smallest absolute Gasteiger partial charge is 0.0991 e. The lowest BCUT2D eigenvalue weighted by molar-refractivity contribution is 0.0418. The molecule has 0 aliphatic rings. The molecule has 0 fully saturated rings. The zero-order chi connectivity index (χ0) is 13.5. The van der Waals surface area contributed by atoms with Gasteiger partial charge in [0.25, 0.3) is 0 Å². The summed E-state index contributed by atoms with van der Waals surface area (Å²) in [6, 6.07) is 7.80. The lowest BCUT2D eigenvalue weighted by atomic mass is 10.1. The molecule has 1 aromatic rings. The third kappa shape index (κ3) is 4.46. The third-order valence-electron chi connectivity index (χ3n) is 2.79. The molecular weight excluding hydrogens is 228 g/mol. The maximum absolute atomic E-state index is 9.64. The van der Waals surface area contributed by atoms with Gasteiger partial charge in [0.15, 0.2) is 0 Å². The fourth-order valence-corrected chi connectivity index (χ4v) is 1.90. The van der Waals surface area contributed by atoms with Crippen LogP contribution in [0.4, 0.5) is 0 Å². The predicted molar refractivity (Wildman–Crippen MR) is 70.1 cm³/mol. The molecule has 1 unspecified atom stereocenters. The number of aryl methyl sites for hydroxylation is 1. The first-order valence-corrected chi connectivity index (χ1v) is 5.92. The van der Waals surface area contributed by atoms with Gasteiger partial charge in [0, 0.05) is 20.2 Å². The summed E-state index contributed by atoms with van der Waals surface area (Å²) < 4.78 is 4.90. The van der Waals surface area contributed by atoms with Crippen LogP contribution in [0, 0.1) is 18.3 Å². The molecule has 0 saturated heterocycles. The molecule has 0 aromatic heterocycles. The molecule has 0 amide bonds. The summed E-state index contributed by atoms with van der Waals surface area (Å²) >= 11 is 0.